The molecule has 2 aliphatic rings. The Morgan fingerprint density at radius 3 is 2.59 bits per heavy atom. The molecule has 34 heavy (non-hydrogen) atoms. The van der Waals surface area contributed by atoms with Crippen LogP contribution < -0.4 is 4.74 Å². The van der Waals surface area contributed by atoms with Crippen LogP contribution in [-0.4, -0.2) is 28.8 Å². The van der Waals surface area contributed by atoms with E-state index in [1.54, 1.807) is 13.2 Å². The van der Waals surface area contributed by atoms with E-state index >= 15 is 0 Å². The zero-order valence-electron chi connectivity index (χ0n) is 20.8. The number of aromatic hydroxyl groups is 1. The van der Waals surface area contributed by atoms with Gasteiger partial charge < -0.3 is 19.9 Å². The van der Waals surface area contributed by atoms with Crippen LogP contribution in [0, 0.1) is 24.2 Å². The number of phenolic OH excluding ortho intramolecular Hbond substituents is 1. The number of hydrogen-bond acceptors (Lipinski definition) is 6. The normalized spacial score (nSPS) is 27.7. The number of benzene rings is 2. The van der Waals surface area contributed by atoms with Crippen molar-refractivity contribution in [2.24, 2.45) is 27.6 Å². The van der Waals surface area contributed by atoms with Gasteiger partial charge in [-0.05, 0) is 73.6 Å². The van der Waals surface area contributed by atoms with Crippen molar-refractivity contribution in [1.82, 2.24) is 0 Å². The number of fused-ring (bicyclic) bond motifs is 3. The molecule has 0 aliphatic heterocycles. The summed E-state index contributed by atoms with van der Waals surface area (Å²) >= 11 is 0. The quantitative estimate of drug-likeness (QED) is 0.294. The van der Waals surface area contributed by atoms with Crippen molar-refractivity contribution in [2.45, 2.75) is 65.9 Å². The van der Waals surface area contributed by atoms with Gasteiger partial charge in [0.25, 0.3) is 0 Å². The SMILES string of the molecule is CC/C(=N\O)[C@@]1(C)CC[C@@H]2c3cc(OC)c(O)cc3/C(=N/OCc3ccc(C)cc3)C[C@H]2C1C. The molecule has 1 saturated carbocycles. The molecule has 4 rings (SSSR count). The Balaban J connectivity index is 1.70. The molecule has 0 bridgehead atoms. The molecule has 2 aromatic rings. The molecule has 1 unspecified atom stereocenters. The minimum atomic E-state index is -0.170. The van der Waals surface area contributed by atoms with Crippen molar-refractivity contribution >= 4 is 11.4 Å². The average molecular weight is 465 g/mol. The van der Waals surface area contributed by atoms with Gasteiger partial charge in [0.1, 0.15) is 6.61 Å². The molecule has 2 aliphatic carbocycles. The van der Waals surface area contributed by atoms with Crippen LogP contribution in [0.3, 0.4) is 0 Å². The Hall–Kier alpha value is -3.02. The molecule has 4 atom stereocenters. The lowest BCUT2D eigenvalue weighted by atomic mass is 9.53. The molecule has 2 N–H and O–H groups in total. The van der Waals surface area contributed by atoms with Gasteiger partial charge in [-0.3, -0.25) is 0 Å². The van der Waals surface area contributed by atoms with Gasteiger partial charge in [-0.2, -0.15) is 0 Å². The average Bonchev–Trinajstić information content (AvgIpc) is 2.83. The zero-order valence-corrected chi connectivity index (χ0v) is 20.8. The van der Waals surface area contributed by atoms with Crippen LogP contribution in [-0.2, 0) is 11.4 Å². The largest absolute Gasteiger partial charge is 0.504 e. The molecule has 0 spiro atoms. The van der Waals surface area contributed by atoms with E-state index in [0.29, 0.717) is 24.2 Å². The number of rotatable bonds is 6. The Bertz CT molecular complexity index is 1090. The van der Waals surface area contributed by atoms with Gasteiger partial charge in [0.05, 0.1) is 18.5 Å². The number of nitrogens with zero attached hydrogens (tertiary/aromatic N) is 2. The number of hydrogen-bond donors (Lipinski definition) is 2. The number of ether oxygens (including phenoxy) is 1. The monoisotopic (exact) mass is 464 g/mol. The predicted octanol–water partition coefficient (Wildman–Crippen LogP) is 6.41. The van der Waals surface area contributed by atoms with Gasteiger partial charge in [0, 0.05) is 11.0 Å². The van der Waals surface area contributed by atoms with Gasteiger partial charge in [-0.15, -0.1) is 0 Å². The first-order valence-electron chi connectivity index (χ1n) is 12.2. The molecular formula is C28H36N2O4. The molecule has 6 nitrogen and oxygen atoms in total. The van der Waals surface area contributed by atoms with E-state index in [2.05, 4.69) is 50.1 Å². The topological polar surface area (TPSA) is 83.6 Å². The van der Waals surface area contributed by atoms with Crippen LogP contribution in [0.15, 0.2) is 46.7 Å². The van der Waals surface area contributed by atoms with Crippen molar-refractivity contribution in [3.63, 3.8) is 0 Å². The summed E-state index contributed by atoms with van der Waals surface area (Å²) in [6, 6.07) is 12.0. The maximum atomic E-state index is 10.5. The summed E-state index contributed by atoms with van der Waals surface area (Å²) in [5.41, 5.74) is 5.89. The van der Waals surface area contributed by atoms with Crippen LogP contribution in [0.1, 0.15) is 74.6 Å². The highest BCUT2D eigenvalue weighted by Crippen LogP contribution is 2.56. The summed E-state index contributed by atoms with van der Waals surface area (Å²) in [5, 5.41) is 28.5. The predicted molar refractivity (Wildman–Crippen MR) is 134 cm³/mol. The number of phenols is 1. The highest BCUT2D eigenvalue weighted by Gasteiger charge is 2.49. The Morgan fingerprint density at radius 2 is 1.94 bits per heavy atom. The molecule has 6 heteroatoms. The third-order valence-corrected chi connectivity index (χ3v) is 8.27. The fourth-order valence-corrected chi connectivity index (χ4v) is 6.01. The zero-order chi connectivity index (χ0) is 24.5. The number of oxime groups is 2. The second-order valence-corrected chi connectivity index (χ2v) is 10.0. The minimum absolute atomic E-state index is 0.111. The summed E-state index contributed by atoms with van der Waals surface area (Å²) < 4.78 is 5.44. The second kappa shape index (κ2) is 9.69. The van der Waals surface area contributed by atoms with E-state index in [0.717, 1.165) is 53.8 Å². The third kappa shape index (κ3) is 4.26. The Kier molecular flexibility index (Phi) is 6.87. The second-order valence-electron chi connectivity index (χ2n) is 10.0. The summed E-state index contributed by atoms with van der Waals surface area (Å²) in [5.74, 6) is 1.50. The first-order chi connectivity index (χ1) is 16.3. The maximum absolute atomic E-state index is 10.5. The molecule has 0 amide bonds. The van der Waals surface area contributed by atoms with Crippen molar-refractivity contribution in [3.8, 4) is 11.5 Å². The van der Waals surface area contributed by atoms with Crippen molar-refractivity contribution in [2.75, 3.05) is 7.11 Å². The summed E-state index contributed by atoms with van der Waals surface area (Å²) in [6.45, 7) is 9.00. The Morgan fingerprint density at radius 1 is 1.21 bits per heavy atom. The number of aryl methyl sites for hydroxylation is 1. The highest BCUT2D eigenvalue weighted by molar-refractivity contribution is 6.03. The lowest BCUT2D eigenvalue weighted by Gasteiger charge is -2.50. The van der Waals surface area contributed by atoms with E-state index in [4.69, 9.17) is 9.57 Å². The summed E-state index contributed by atoms with van der Waals surface area (Å²) in [7, 11) is 1.58. The molecular weight excluding hydrogens is 428 g/mol. The van der Waals surface area contributed by atoms with Crippen LogP contribution >= 0.6 is 0 Å². The summed E-state index contributed by atoms with van der Waals surface area (Å²) in [6.07, 6.45) is 3.40. The van der Waals surface area contributed by atoms with Crippen LogP contribution in [0.4, 0.5) is 0 Å². The van der Waals surface area contributed by atoms with E-state index < -0.39 is 0 Å². The van der Waals surface area contributed by atoms with Crippen molar-refractivity contribution in [1.29, 1.82) is 0 Å². The fourth-order valence-electron chi connectivity index (χ4n) is 6.01. The standard InChI is InChI=1S/C28H36N2O4/c1-6-27(29-32)28(4)12-11-20-21(18(28)3)13-24(23-14-25(31)26(33-5)15-22(20)23)30-34-16-19-9-7-17(2)8-10-19/h7-10,14-15,18,20-21,31-32H,6,11-13,16H2,1-5H3/b29-27+,30-24+/t18?,20-,21-,28-/m0/s1. The molecule has 1 fully saturated rings. The van der Waals surface area contributed by atoms with E-state index in [1.807, 2.05) is 18.2 Å². The van der Waals surface area contributed by atoms with E-state index in [-0.39, 0.29) is 17.1 Å². The van der Waals surface area contributed by atoms with E-state index in [9.17, 15) is 10.3 Å². The first kappa shape index (κ1) is 24.1. The van der Waals surface area contributed by atoms with Gasteiger partial charge in [0.2, 0.25) is 0 Å². The van der Waals surface area contributed by atoms with Gasteiger partial charge in [-0.1, -0.05) is 60.9 Å². The molecule has 0 heterocycles. The Labute approximate surface area is 202 Å². The summed E-state index contributed by atoms with van der Waals surface area (Å²) in [4.78, 5) is 5.82. The minimum Gasteiger partial charge on any atom is -0.504 e. The third-order valence-electron chi connectivity index (χ3n) is 8.27. The highest BCUT2D eigenvalue weighted by atomic mass is 16.6. The molecule has 182 valence electrons. The lowest BCUT2D eigenvalue weighted by Crippen LogP contribution is -2.46. The molecule has 2 aromatic carbocycles. The lowest BCUT2D eigenvalue weighted by molar-refractivity contribution is 0.102. The molecule has 0 saturated heterocycles. The van der Waals surface area contributed by atoms with Crippen molar-refractivity contribution in [3.05, 3.63) is 58.7 Å². The van der Waals surface area contributed by atoms with Crippen molar-refractivity contribution < 1.29 is 19.9 Å². The number of methoxy groups -OCH3 is 1. The molecule has 0 aromatic heterocycles. The van der Waals surface area contributed by atoms with Gasteiger partial charge >= 0.3 is 0 Å². The van der Waals surface area contributed by atoms with Crippen LogP contribution in [0.25, 0.3) is 0 Å². The molecule has 0 radical (unpaired) electrons. The van der Waals surface area contributed by atoms with Gasteiger partial charge in [-0.25, -0.2) is 0 Å². The fraction of sp³-hybridized carbons (Fsp3) is 0.500. The maximum Gasteiger partial charge on any atom is 0.160 e. The first-order valence-corrected chi connectivity index (χ1v) is 12.2. The van der Waals surface area contributed by atoms with Gasteiger partial charge in [0.15, 0.2) is 11.5 Å². The van der Waals surface area contributed by atoms with Crippen LogP contribution in [0.2, 0.25) is 0 Å². The smallest absolute Gasteiger partial charge is 0.160 e. The van der Waals surface area contributed by atoms with E-state index in [1.165, 1.54) is 5.56 Å². The van der Waals surface area contributed by atoms with Crippen LogP contribution in [0.5, 0.6) is 11.5 Å².